The molecule has 3 aromatic rings. The number of amides is 1. The lowest BCUT2D eigenvalue weighted by molar-refractivity contribution is -0.917. The fourth-order valence-electron chi connectivity index (χ4n) is 3.61. The number of hydrogen-bond donors (Lipinski definition) is 1. The summed E-state index contributed by atoms with van der Waals surface area (Å²) in [5, 5.41) is 1.03. The minimum atomic E-state index is 0.0208. The number of rotatable bonds is 3. The Morgan fingerprint density at radius 2 is 1.72 bits per heavy atom. The summed E-state index contributed by atoms with van der Waals surface area (Å²) < 4.78 is 5.84. The first-order chi connectivity index (χ1) is 12.2. The molecule has 0 atom stereocenters. The summed E-state index contributed by atoms with van der Waals surface area (Å²) in [6.07, 6.45) is 0. The van der Waals surface area contributed by atoms with Crippen LogP contribution in [-0.4, -0.2) is 37.0 Å². The van der Waals surface area contributed by atoms with Gasteiger partial charge in [0.2, 0.25) is 0 Å². The van der Waals surface area contributed by atoms with Gasteiger partial charge in [-0.2, -0.15) is 0 Å². The minimum absolute atomic E-state index is 0.0208. The van der Waals surface area contributed by atoms with E-state index in [1.165, 1.54) is 10.5 Å². The minimum Gasteiger partial charge on any atom is -0.451 e. The molecule has 0 bridgehead atoms. The molecular formula is C21H23N2O2+. The van der Waals surface area contributed by atoms with Crippen LogP contribution < -0.4 is 4.90 Å². The van der Waals surface area contributed by atoms with Crippen molar-refractivity contribution < 1.29 is 14.1 Å². The molecule has 4 rings (SSSR count). The van der Waals surface area contributed by atoms with Gasteiger partial charge in [0.25, 0.3) is 5.91 Å². The number of nitrogens with zero attached hydrogens (tertiary/aromatic N) is 1. The molecule has 2 heterocycles. The predicted octanol–water partition coefficient (Wildman–Crippen LogP) is 2.28. The second-order valence-corrected chi connectivity index (χ2v) is 6.76. The number of benzene rings is 2. The second-order valence-electron chi connectivity index (χ2n) is 6.76. The van der Waals surface area contributed by atoms with Crippen LogP contribution in [0, 0.1) is 6.92 Å². The number of furan rings is 1. The van der Waals surface area contributed by atoms with Crippen molar-refractivity contribution in [1.82, 2.24) is 4.90 Å². The molecule has 0 radical (unpaired) electrons. The molecule has 1 amide bonds. The standard InChI is InChI=1S/C21H22N2O2/c1-16-18-9-5-6-10-19(18)25-20(16)21(24)23-13-11-22(12-14-23)15-17-7-3-2-4-8-17/h2-10H,11-15H2,1H3/p+1. The highest BCUT2D eigenvalue weighted by Crippen LogP contribution is 2.25. The van der Waals surface area contributed by atoms with Crippen LogP contribution in [0.15, 0.2) is 59.0 Å². The van der Waals surface area contributed by atoms with E-state index in [1.54, 1.807) is 0 Å². The van der Waals surface area contributed by atoms with E-state index >= 15 is 0 Å². The van der Waals surface area contributed by atoms with Crippen LogP contribution in [0.25, 0.3) is 11.0 Å². The van der Waals surface area contributed by atoms with Crippen LogP contribution in [0.5, 0.6) is 0 Å². The average molecular weight is 335 g/mol. The Bertz CT molecular complexity index is 877. The highest BCUT2D eigenvalue weighted by atomic mass is 16.3. The average Bonchev–Trinajstić information content (AvgIpc) is 3.00. The van der Waals surface area contributed by atoms with Gasteiger partial charge in [-0.3, -0.25) is 4.79 Å². The van der Waals surface area contributed by atoms with E-state index in [0.717, 1.165) is 49.3 Å². The van der Waals surface area contributed by atoms with Crippen molar-refractivity contribution in [2.24, 2.45) is 0 Å². The van der Waals surface area contributed by atoms with Gasteiger partial charge in [-0.1, -0.05) is 48.5 Å². The maximum absolute atomic E-state index is 12.9. The second kappa shape index (κ2) is 6.73. The Kier molecular flexibility index (Phi) is 4.28. The van der Waals surface area contributed by atoms with Crippen molar-refractivity contribution in [1.29, 1.82) is 0 Å². The smallest absolute Gasteiger partial charge is 0.290 e. The molecule has 4 heteroatoms. The molecular weight excluding hydrogens is 312 g/mol. The van der Waals surface area contributed by atoms with E-state index in [9.17, 15) is 4.79 Å². The van der Waals surface area contributed by atoms with Crippen molar-refractivity contribution in [3.8, 4) is 0 Å². The number of carbonyl (C=O) groups excluding carboxylic acids is 1. The van der Waals surface area contributed by atoms with Gasteiger partial charge in [0.15, 0.2) is 5.76 Å². The summed E-state index contributed by atoms with van der Waals surface area (Å²) in [7, 11) is 0. The first-order valence-corrected chi connectivity index (χ1v) is 8.87. The Morgan fingerprint density at radius 1 is 1.04 bits per heavy atom. The zero-order valence-electron chi connectivity index (χ0n) is 14.5. The molecule has 0 aliphatic carbocycles. The molecule has 1 saturated heterocycles. The van der Waals surface area contributed by atoms with Gasteiger partial charge >= 0.3 is 0 Å². The number of fused-ring (bicyclic) bond motifs is 1. The summed E-state index contributed by atoms with van der Waals surface area (Å²) in [6, 6.07) is 18.4. The Balaban J connectivity index is 1.43. The van der Waals surface area contributed by atoms with Gasteiger partial charge in [-0.05, 0) is 13.0 Å². The van der Waals surface area contributed by atoms with Crippen molar-refractivity contribution in [3.05, 3.63) is 71.5 Å². The zero-order chi connectivity index (χ0) is 17.2. The number of para-hydroxylation sites is 1. The first kappa shape index (κ1) is 15.9. The lowest BCUT2D eigenvalue weighted by atomic mass is 10.1. The topological polar surface area (TPSA) is 37.9 Å². The molecule has 0 saturated carbocycles. The summed E-state index contributed by atoms with van der Waals surface area (Å²) >= 11 is 0. The quantitative estimate of drug-likeness (QED) is 0.797. The van der Waals surface area contributed by atoms with E-state index in [2.05, 4.69) is 24.3 Å². The summed E-state index contributed by atoms with van der Waals surface area (Å²) in [5.74, 6) is 0.514. The van der Waals surface area contributed by atoms with Gasteiger partial charge in [-0.15, -0.1) is 0 Å². The number of hydrogen-bond acceptors (Lipinski definition) is 2. The normalized spacial score (nSPS) is 15.6. The van der Waals surface area contributed by atoms with Crippen LogP contribution in [0.3, 0.4) is 0 Å². The molecule has 2 aromatic carbocycles. The fraction of sp³-hybridized carbons (Fsp3) is 0.286. The fourth-order valence-corrected chi connectivity index (χ4v) is 3.61. The van der Waals surface area contributed by atoms with Crippen LogP contribution in [-0.2, 0) is 6.54 Å². The molecule has 0 unspecified atom stereocenters. The Morgan fingerprint density at radius 3 is 2.44 bits per heavy atom. The maximum Gasteiger partial charge on any atom is 0.290 e. The molecule has 1 aliphatic heterocycles. The number of carbonyl (C=O) groups is 1. The third-order valence-electron chi connectivity index (χ3n) is 5.09. The van der Waals surface area contributed by atoms with Crippen LogP contribution in [0.1, 0.15) is 21.7 Å². The van der Waals surface area contributed by atoms with E-state index in [-0.39, 0.29) is 5.91 Å². The summed E-state index contributed by atoms with van der Waals surface area (Å²) in [4.78, 5) is 16.3. The third-order valence-corrected chi connectivity index (χ3v) is 5.09. The van der Waals surface area contributed by atoms with Crippen molar-refractivity contribution in [3.63, 3.8) is 0 Å². The SMILES string of the molecule is Cc1c(C(=O)N2CC[NH+](Cc3ccccc3)CC2)oc2ccccc12. The highest BCUT2D eigenvalue weighted by Gasteiger charge is 2.28. The Hall–Kier alpha value is -2.59. The summed E-state index contributed by atoms with van der Waals surface area (Å²) in [5.41, 5.74) is 3.08. The van der Waals surface area contributed by atoms with E-state index < -0.39 is 0 Å². The monoisotopic (exact) mass is 335 g/mol. The van der Waals surface area contributed by atoms with Gasteiger partial charge in [0, 0.05) is 16.5 Å². The van der Waals surface area contributed by atoms with E-state index in [0.29, 0.717) is 5.76 Å². The number of piperazine rings is 1. The molecule has 1 fully saturated rings. The van der Waals surface area contributed by atoms with Gasteiger partial charge < -0.3 is 14.2 Å². The summed E-state index contributed by atoms with van der Waals surface area (Å²) in [6.45, 7) is 6.48. The number of aryl methyl sites for hydroxylation is 1. The van der Waals surface area contributed by atoms with Crippen molar-refractivity contribution >= 4 is 16.9 Å². The maximum atomic E-state index is 12.9. The lowest BCUT2D eigenvalue weighted by Gasteiger charge is -2.31. The molecule has 1 aliphatic rings. The molecule has 25 heavy (non-hydrogen) atoms. The lowest BCUT2D eigenvalue weighted by Crippen LogP contribution is -3.13. The number of nitrogens with one attached hydrogen (secondary N) is 1. The van der Waals surface area contributed by atoms with Crippen molar-refractivity contribution in [2.45, 2.75) is 13.5 Å². The van der Waals surface area contributed by atoms with Crippen LogP contribution >= 0.6 is 0 Å². The van der Waals surface area contributed by atoms with Crippen LogP contribution in [0.4, 0.5) is 0 Å². The van der Waals surface area contributed by atoms with Gasteiger partial charge in [0.1, 0.15) is 12.1 Å². The molecule has 1 N–H and O–H groups in total. The zero-order valence-corrected chi connectivity index (χ0v) is 14.5. The van der Waals surface area contributed by atoms with Gasteiger partial charge in [0.05, 0.1) is 26.2 Å². The predicted molar refractivity (Wildman–Crippen MR) is 97.7 cm³/mol. The largest absolute Gasteiger partial charge is 0.451 e. The number of quaternary nitrogens is 1. The third kappa shape index (κ3) is 3.17. The molecule has 128 valence electrons. The Labute approximate surface area is 147 Å². The van der Waals surface area contributed by atoms with Crippen LogP contribution in [0.2, 0.25) is 0 Å². The molecule has 4 nitrogen and oxygen atoms in total. The van der Waals surface area contributed by atoms with Crippen molar-refractivity contribution in [2.75, 3.05) is 26.2 Å². The first-order valence-electron chi connectivity index (χ1n) is 8.87. The molecule has 0 spiro atoms. The molecule has 1 aromatic heterocycles. The van der Waals surface area contributed by atoms with E-state index in [1.807, 2.05) is 42.2 Å². The van der Waals surface area contributed by atoms with E-state index in [4.69, 9.17) is 4.42 Å². The van der Waals surface area contributed by atoms with Gasteiger partial charge in [-0.25, -0.2) is 0 Å². The highest BCUT2D eigenvalue weighted by molar-refractivity contribution is 5.98.